The van der Waals surface area contributed by atoms with Crippen LogP contribution in [0.5, 0.6) is 0 Å². The van der Waals surface area contributed by atoms with Gasteiger partial charge in [0.05, 0.1) is 11.0 Å². The number of nitrogens with one attached hydrogen (secondary N) is 1. The summed E-state index contributed by atoms with van der Waals surface area (Å²) in [6.07, 6.45) is 8.41. The SMILES string of the molecule is CC1CCCCN1S(=O)(=O)NC(C(N)=S)C1CCCCC1. The zero-order valence-corrected chi connectivity index (χ0v) is 14.4. The van der Waals surface area contributed by atoms with Gasteiger partial charge in [0.25, 0.3) is 10.2 Å². The first-order chi connectivity index (χ1) is 9.92. The molecule has 7 heteroatoms. The Balaban J connectivity index is 2.09. The Kier molecular flexibility index (Phi) is 5.99. The van der Waals surface area contributed by atoms with Gasteiger partial charge in [-0.2, -0.15) is 17.4 Å². The summed E-state index contributed by atoms with van der Waals surface area (Å²) in [5.74, 6) is 0.242. The van der Waals surface area contributed by atoms with Crippen LogP contribution in [0.4, 0.5) is 0 Å². The number of hydrogen-bond donors (Lipinski definition) is 2. The molecule has 0 radical (unpaired) electrons. The lowest BCUT2D eigenvalue weighted by Crippen LogP contribution is -2.55. The number of piperidine rings is 1. The molecule has 1 aliphatic carbocycles. The van der Waals surface area contributed by atoms with Gasteiger partial charge in [0, 0.05) is 12.6 Å². The molecule has 0 amide bonds. The monoisotopic (exact) mass is 333 g/mol. The van der Waals surface area contributed by atoms with E-state index in [1.165, 1.54) is 6.42 Å². The maximum atomic E-state index is 12.7. The van der Waals surface area contributed by atoms with E-state index in [2.05, 4.69) is 4.72 Å². The third-order valence-corrected chi connectivity index (χ3v) is 6.72. The first kappa shape index (κ1) is 17.1. The summed E-state index contributed by atoms with van der Waals surface area (Å²) >= 11 is 5.13. The predicted molar refractivity (Wildman–Crippen MR) is 89.2 cm³/mol. The summed E-state index contributed by atoms with van der Waals surface area (Å²) in [5.41, 5.74) is 5.82. The maximum absolute atomic E-state index is 12.7. The lowest BCUT2D eigenvalue weighted by molar-refractivity contribution is 0.259. The van der Waals surface area contributed by atoms with Gasteiger partial charge in [-0.05, 0) is 38.5 Å². The van der Waals surface area contributed by atoms with Crippen molar-refractivity contribution in [1.29, 1.82) is 0 Å². The summed E-state index contributed by atoms with van der Waals surface area (Å²) < 4.78 is 29.7. The Labute approximate surface area is 133 Å². The lowest BCUT2D eigenvalue weighted by atomic mass is 9.84. The van der Waals surface area contributed by atoms with Gasteiger partial charge in [0.1, 0.15) is 0 Å². The Morgan fingerprint density at radius 2 is 1.81 bits per heavy atom. The van der Waals surface area contributed by atoms with Crippen molar-refractivity contribution in [3.8, 4) is 0 Å². The van der Waals surface area contributed by atoms with Gasteiger partial charge in [0.15, 0.2) is 0 Å². The standard InChI is InChI=1S/C14H27N3O2S2/c1-11-7-5-6-10-17(11)21(18,19)16-13(14(15)20)12-8-3-2-4-9-12/h11-13,16H,2-10H2,1H3,(H2,15,20). The number of thiocarbonyl (C=S) groups is 1. The van der Waals surface area contributed by atoms with Crippen molar-refractivity contribution in [3.63, 3.8) is 0 Å². The van der Waals surface area contributed by atoms with Gasteiger partial charge < -0.3 is 5.73 Å². The molecule has 0 bridgehead atoms. The van der Waals surface area contributed by atoms with Gasteiger partial charge in [-0.1, -0.05) is 37.9 Å². The molecule has 5 nitrogen and oxygen atoms in total. The van der Waals surface area contributed by atoms with Crippen LogP contribution in [0.3, 0.4) is 0 Å². The van der Waals surface area contributed by atoms with Crippen molar-refractivity contribution in [1.82, 2.24) is 9.03 Å². The van der Waals surface area contributed by atoms with Gasteiger partial charge in [-0.25, -0.2) is 0 Å². The number of hydrogen-bond acceptors (Lipinski definition) is 3. The second-order valence-corrected chi connectivity index (χ2v) is 8.48. The molecule has 0 spiro atoms. The minimum atomic E-state index is -3.51. The van der Waals surface area contributed by atoms with Crippen LogP contribution in [-0.4, -0.2) is 36.3 Å². The van der Waals surface area contributed by atoms with Crippen LogP contribution in [0.2, 0.25) is 0 Å². The fourth-order valence-electron chi connectivity index (χ4n) is 3.51. The van der Waals surface area contributed by atoms with Crippen LogP contribution >= 0.6 is 12.2 Å². The highest BCUT2D eigenvalue weighted by Gasteiger charge is 2.35. The van der Waals surface area contributed by atoms with E-state index in [-0.39, 0.29) is 16.9 Å². The van der Waals surface area contributed by atoms with Crippen molar-refractivity contribution in [3.05, 3.63) is 0 Å². The summed E-state index contributed by atoms with van der Waals surface area (Å²) in [7, 11) is -3.51. The predicted octanol–water partition coefficient (Wildman–Crippen LogP) is 1.93. The minimum absolute atomic E-state index is 0.0506. The maximum Gasteiger partial charge on any atom is 0.280 e. The van der Waals surface area contributed by atoms with E-state index in [1.807, 2.05) is 6.92 Å². The zero-order chi connectivity index (χ0) is 15.5. The van der Waals surface area contributed by atoms with Gasteiger partial charge in [-0.15, -0.1) is 0 Å². The summed E-state index contributed by atoms with van der Waals surface area (Å²) in [5, 5.41) is 0. The van der Waals surface area contributed by atoms with Crippen molar-refractivity contribution < 1.29 is 8.42 Å². The number of rotatable bonds is 5. The van der Waals surface area contributed by atoms with Crippen molar-refractivity contribution in [2.45, 2.75) is 70.4 Å². The van der Waals surface area contributed by atoms with Crippen molar-refractivity contribution in [2.24, 2.45) is 11.7 Å². The fraction of sp³-hybridized carbons (Fsp3) is 0.929. The Morgan fingerprint density at radius 3 is 2.38 bits per heavy atom. The Hall–Kier alpha value is -0.240. The summed E-state index contributed by atoms with van der Waals surface area (Å²) in [4.78, 5) is 0.273. The molecule has 2 rings (SSSR count). The van der Waals surface area contributed by atoms with Gasteiger partial charge >= 0.3 is 0 Å². The average Bonchev–Trinajstić information content (AvgIpc) is 2.46. The highest BCUT2D eigenvalue weighted by Crippen LogP contribution is 2.28. The molecule has 3 N–H and O–H groups in total. The summed E-state index contributed by atoms with van der Waals surface area (Å²) in [6.45, 7) is 2.56. The molecule has 2 fully saturated rings. The van der Waals surface area contributed by atoms with E-state index in [1.54, 1.807) is 4.31 Å². The quantitative estimate of drug-likeness (QED) is 0.754. The molecule has 2 unspecified atom stereocenters. The lowest BCUT2D eigenvalue weighted by Gasteiger charge is -2.36. The molecule has 2 atom stereocenters. The molecule has 1 heterocycles. The molecule has 0 aromatic rings. The molecule has 21 heavy (non-hydrogen) atoms. The van der Waals surface area contributed by atoms with E-state index in [0.29, 0.717) is 6.54 Å². The molecule has 0 aromatic carbocycles. The normalized spacial score (nSPS) is 27.4. The van der Waals surface area contributed by atoms with E-state index in [4.69, 9.17) is 18.0 Å². The molecule has 1 aliphatic heterocycles. The highest BCUT2D eigenvalue weighted by molar-refractivity contribution is 7.87. The molecule has 2 aliphatic rings. The topological polar surface area (TPSA) is 75.4 Å². The average molecular weight is 334 g/mol. The minimum Gasteiger partial charge on any atom is -0.392 e. The first-order valence-electron chi connectivity index (χ1n) is 8.00. The fourth-order valence-corrected chi connectivity index (χ4v) is 5.56. The van der Waals surface area contributed by atoms with Crippen LogP contribution in [0.1, 0.15) is 58.3 Å². The third-order valence-electron chi connectivity index (χ3n) is 4.75. The van der Waals surface area contributed by atoms with Crippen LogP contribution in [0, 0.1) is 5.92 Å². The van der Waals surface area contributed by atoms with Crippen LogP contribution in [0.15, 0.2) is 0 Å². The van der Waals surface area contributed by atoms with Crippen LogP contribution in [0.25, 0.3) is 0 Å². The summed E-state index contributed by atoms with van der Waals surface area (Å²) in [6, 6.07) is -0.353. The van der Waals surface area contributed by atoms with Crippen LogP contribution < -0.4 is 10.5 Å². The molecule has 1 saturated heterocycles. The third kappa shape index (κ3) is 4.37. The Bertz CT molecular complexity index is 461. The number of nitrogens with zero attached hydrogens (tertiary/aromatic N) is 1. The van der Waals surface area contributed by atoms with Gasteiger partial charge in [-0.3, -0.25) is 0 Å². The molecular weight excluding hydrogens is 306 g/mol. The largest absolute Gasteiger partial charge is 0.392 e. The molecule has 1 saturated carbocycles. The van der Waals surface area contributed by atoms with Crippen LogP contribution in [-0.2, 0) is 10.2 Å². The molecule has 0 aromatic heterocycles. The van der Waals surface area contributed by atoms with E-state index in [0.717, 1.165) is 44.9 Å². The van der Waals surface area contributed by atoms with E-state index in [9.17, 15) is 8.42 Å². The molecular formula is C14H27N3O2S2. The highest BCUT2D eigenvalue weighted by atomic mass is 32.2. The molecule has 122 valence electrons. The van der Waals surface area contributed by atoms with Crippen molar-refractivity contribution in [2.75, 3.05) is 6.54 Å². The second kappa shape index (κ2) is 7.35. The van der Waals surface area contributed by atoms with Crippen molar-refractivity contribution >= 4 is 27.4 Å². The smallest absolute Gasteiger partial charge is 0.280 e. The Morgan fingerprint density at radius 1 is 1.19 bits per heavy atom. The zero-order valence-electron chi connectivity index (χ0n) is 12.8. The van der Waals surface area contributed by atoms with E-state index >= 15 is 0 Å². The van der Waals surface area contributed by atoms with Gasteiger partial charge in [0.2, 0.25) is 0 Å². The number of nitrogens with two attached hydrogens (primary N) is 1. The first-order valence-corrected chi connectivity index (χ1v) is 9.85. The van der Waals surface area contributed by atoms with E-state index < -0.39 is 16.3 Å². The second-order valence-electron chi connectivity index (χ2n) is 6.36.